The molecule has 1 aromatic rings. The Morgan fingerprint density at radius 1 is 1.26 bits per heavy atom. The molecule has 2 fully saturated rings. The Morgan fingerprint density at radius 3 is 3.00 bits per heavy atom. The molecule has 0 bridgehead atoms. The van der Waals surface area contributed by atoms with Crippen LogP contribution in [-0.4, -0.2) is 30.6 Å². The summed E-state index contributed by atoms with van der Waals surface area (Å²) in [5, 5.41) is 3.69. The van der Waals surface area contributed by atoms with Crippen molar-refractivity contribution in [3.8, 4) is 0 Å². The van der Waals surface area contributed by atoms with Gasteiger partial charge in [0.05, 0.1) is 0 Å². The molecule has 2 aliphatic rings. The second kappa shape index (κ2) is 6.38. The van der Waals surface area contributed by atoms with Crippen molar-refractivity contribution in [2.24, 2.45) is 5.92 Å². The van der Waals surface area contributed by atoms with E-state index >= 15 is 0 Å². The van der Waals surface area contributed by atoms with E-state index in [0.29, 0.717) is 0 Å². The van der Waals surface area contributed by atoms with Crippen LogP contribution < -0.4 is 5.32 Å². The maximum absolute atomic E-state index is 3.69. The van der Waals surface area contributed by atoms with Crippen molar-refractivity contribution in [3.05, 3.63) is 34.3 Å². The number of nitrogens with zero attached hydrogens (tertiary/aromatic N) is 1. The number of nitrogens with one attached hydrogen (secondary N) is 1. The molecule has 0 amide bonds. The van der Waals surface area contributed by atoms with Crippen LogP contribution in [0.3, 0.4) is 0 Å². The van der Waals surface area contributed by atoms with Crippen LogP contribution in [0.25, 0.3) is 0 Å². The molecule has 0 aliphatic carbocycles. The average Bonchev–Trinajstić information content (AvgIpc) is 2.93. The van der Waals surface area contributed by atoms with E-state index in [1.807, 2.05) is 0 Å². The summed E-state index contributed by atoms with van der Waals surface area (Å²) >= 11 is 3.56. The highest BCUT2D eigenvalue weighted by Gasteiger charge is 2.28. The number of piperidine rings is 1. The van der Waals surface area contributed by atoms with E-state index in [-0.39, 0.29) is 0 Å². The van der Waals surface area contributed by atoms with Crippen molar-refractivity contribution >= 4 is 15.9 Å². The largest absolute Gasteiger partial charge is 0.314 e. The zero-order valence-corrected chi connectivity index (χ0v) is 13.0. The van der Waals surface area contributed by atoms with Gasteiger partial charge in [0.2, 0.25) is 0 Å². The molecule has 1 N–H and O–H groups in total. The average molecular weight is 323 g/mol. The van der Waals surface area contributed by atoms with Crippen molar-refractivity contribution in [2.75, 3.05) is 19.6 Å². The van der Waals surface area contributed by atoms with Crippen molar-refractivity contribution in [1.82, 2.24) is 10.2 Å². The SMILES string of the molecule is Brc1cccc(CN2CCCC(C3CCCN3)C2)c1. The fourth-order valence-corrected chi connectivity index (χ4v) is 4.02. The highest BCUT2D eigenvalue weighted by atomic mass is 79.9. The number of hydrogen-bond donors (Lipinski definition) is 1. The summed E-state index contributed by atoms with van der Waals surface area (Å²) in [6, 6.07) is 9.51. The number of likely N-dealkylation sites (tertiary alicyclic amines) is 1. The Balaban J connectivity index is 1.58. The van der Waals surface area contributed by atoms with E-state index in [9.17, 15) is 0 Å². The Bertz CT molecular complexity index is 415. The smallest absolute Gasteiger partial charge is 0.0234 e. The second-order valence-corrected chi connectivity index (χ2v) is 6.89. The summed E-state index contributed by atoms with van der Waals surface area (Å²) in [5.74, 6) is 0.864. The topological polar surface area (TPSA) is 15.3 Å². The normalized spacial score (nSPS) is 28.7. The van der Waals surface area contributed by atoms with Gasteiger partial charge < -0.3 is 5.32 Å². The lowest BCUT2D eigenvalue weighted by Gasteiger charge is -2.35. The van der Waals surface area contributed by atoms with Crippen LogP contribution in [-0.2, 0) is 6.54 Å². The van der Waals surface area contributed by atoms with E-state index in [1.54, 1.807) is 0 Å². The van der Waals surface area contributed by atoms with Gasteiger partial charge in [0.25, 0.3) is 0 Å². The van der Waals surface area contributed by atoms with Crippen LogP contribution in [0.1, 0.15) is 31.2 Å². The number of benzene rings is 1. The molecular weight excluding hydrogens is 300 g/mol. The zero-order valence-electron chi connectivity index (χ0n) is 11.4. The van der Waals surface area contributed by atoms with Gasteiger partial charge in [0, 0.05) is 23.6 Å². The lowest BCUT2D eigenvalue weighted by molar-refractivity contribution is 0.145. The van der Waals surface area contributed by atoms with E-state index in [0.717, 1.165) is 18.5 Å². The zero-order chi connectivity index (χ0) is 13.1. The molecule has 19 heavy (non-hydrogen) atoms. The summed E-state index contributed by atoms with van der Waals surface area (Å²) in [4.78, 5) is 2.63. The Kier molecular flexibility index (Phi) is 4.57. The summed E-state index contributed by atoms with van der Waals surface area (Å²) in [5.41, 5.74) is 1.43. The standard InChI is InChI=1S/C16H23BrN2/c17-15-6-1-4-13(10-15)11-19-9-3-5-14(12-19)16-7-2-8-18-16/h1,4,6,10,14,16,18H,2-3,5,7-9,11-12H2. The van der Waals surface area contributed by atoms with Crippen molar-refractivity contribution in [1.29, 1.82) is 0 Å². The molecule has 2 saturated heterocycles. The second-order valence-electron chi connectivity index (χ2n) is 5.97. The van der Waals surface area contributed by atoms with Gasteiger partial charge >= 0.3 is 0 Å². The molecule has 2 aliphatic heterocycles. The van der Waals surface area contributed by atoms with Crippen molar-refractivity contribution in [2.45, 2.75) is 38.3 Å². The van der Waals surface area contributed by atoms with E-state index in [4.69, 9.17) is 0 Å². The fraction of sp³-hybridized carbons (Fsp3) is 0.625. The molecule has 2 heterocycles. The van der Waals surface area contributed by atoms with Crippen LogP contribution in [0.4, 0.5) is 0 Å². The predicted octanol–water partition coefficient (Wildman–Crippen LogP) is 3.41. The first-order chi connectivity index (χ1) is 9.31. The minimum absolute atomic E-state index is 0.783. The van der Waals surface area contributed by atoms with Crippen molar-refractivity contribution in [3.63, 3.8) is 0 Å². The molecule has 3 heteroatoms. The molecule has 104 valence electrons. The molecule has 3 rings (SSSR count). The monoisotopic (exact) mass is 322 g/mol. The molecule has 1 aromatic carbocycles. The third-order valence-corrected chi connectivity index (χ3v) is 5.00. The highest BCUT2D eigenvalue weighted by Crippen LogP contribution is 2.26. The Morgan fingerprint density at radius 2 is 2.21 bits per heavy atom. The first-order valence-electron chi connectivity index (χ1n) is 7.51. The van der Waals surface area contributed by atoms with Gasteiger partial charge in [-0.25, -0.2) is 0 Å². The maximum Gasteiger partial charge on any atom is 0.0234 e. The van der Waals surface area contributed by atoms with E-state index in [1.165, 1.54) is 55.4 Å². The van der Waals surface area contributed by atoms with Gasteiger partial charge in [0.15, 0.2) is 0 Å². The van der Waals surface area contributed by atoms with E-state index < -0.39 is 0 Å². The van der Waals surface area contributed by atoms with Gasteiger partial charge in [-0.3, -0.25) is 4.90 Å². The number of rotatable bonds is 3. The number of hydrogen-bond acceptors (Lipinski definition) is 2. The molecular formula is C16H23BrN2. The minimum Gasteiger partial charge on any atom is -0.314 e. The van der Waals surface area contributed by atoms with E-state index in [2.05, 4.69) is 50.4 Å². The molecule has 0 radical (unpaired) electrons. The lowest BCUT2D eigenvalue weighted by atomic mass is 9.89. The third-order valence-electron chi connectivity index (χ3n) is 4.50. The quantitative estimate of drug-likeness (QED) is 0.917. The fourth-order valence-electron chi connectivity index (χ4n) is 3.57. The predicted molar refractivity (Wildman–Crippen MR) is 83.2 cm³/mol. The summed E-state index contributed by atoms with van der Waals surface area (Å²) in [6.45, 7) is 4.86. The summed E-state index contributed by atoms with van der Waals surface area (Å²) < 4.78 is 1.19. The van der Waals surface area contributed by atoms with Crippen LogP contribution >= 0.6 is 15.9 Å². The molecule has 0 aromatic heterocycles. The van der Waals surface area contributed by atoms with Crippen LogP contribution in [0.5, 0.6) is 0 Å². The molecule has 2 atom stereocenters. The number of halogens is 1. The maximum atomic E-state index is 3.69. The van der Waals surface area contributed by atoms with Gasteiger partial charge in [-0.15, -0.1) is 0 Å². The van der Waals surface area contributed by atoms with Crippen molar-refractivity contribution < 1.29 is 0 Å². The molecule has 2 unspecified atom stereocenters. The van der Waals surface area contributed by atoms with Crippen LogP contribution in [0, 0.1) is 5.92 Å². The first-order valence-corrected chi connectivity index (χ1v) is 8.31. The minimum atomic E-state index is 0.783. The molecule has 2 nitrogen and oxygen atoms in total. The van der Waals surface area contributed by atoms with Crippen LogP contribution in [0.2, 0.25) is 0 Å². The summed E-state index contributed by atoms with van der Waals surface area (Å²) in [7, 11) is 0. The molecule has 0 saturated carbocycles. The Hall–Kier alpha value is -0.380. The van der Waals surface area contributed by atoms with Gasteiger partial charge in [-0.1, -0.05) is 28.1 Å². The van der Waals surface area contributed by atoms with Crippen LogP contribution in [0.15, 0.2) is 28.7 Å². The Labute approximate surface area is 124 Å². The van der Waals surface area contributed by atoms with Gasteiger partial charge in [-0.05, 0) is 62.4 Å². The lowest BCUT2D eigenvalue weighted by Crippen LogP contribution is -2.43. The first kappa shape index (κ1) is 13.6. The van der Waals surface area contributed by atoms with Gasteiger partial charge in [-0.2, -0.15) is 0 Å². The highest BCUT2D eigenvalue weighted by molar-refractivity contribution is 9.10. The third kappa shape index (κ3) is 3.59. The van der Waals surface area contributed by atoms with Gasteiger partial charge in [0.1, 0.15) is 0 Å². The summed E-state index contributed by atoms with van der Waals surface area (Å²) in [6.07, 6.45) is 5.52. The molecule has 0 spiro atoms.